The van der Waals surface area contributed by atoms with Crippen LogP contribution >= 0.6 is 0 Å². The highest BCUT2D eigenvalue weighted by atomic mass is 16.2. The Bertz CT molecular complexity index is 435. The maximum Gasteiger partial charge on any atom is 0.236 e. The molecule has 0 saturated carbocycles. The van der Waals surface area contributed by atoms with Crippen molar-refractivity contribution in [1.82, 2.24) is 9.80 Å². The topological polar surface area (TPSA) is 49.6 Å². The van der Waals surface area contributed by atoms with Gasteiger partial charge in [-0.1, -0.05) is 36.8 Å². The molecule has 1 saturated heterocycles. The van der Waals surface area contributed by atoms with Gasteiger partial charge in [-0.3, -0.25) is 9.69 Å². The number of likely N-dealkylation sites (N-methyl/N-ethyl adjacent to an activating group) is 1. The summed E-state index contributed by atoms with van der Waals surface area (Å²) in [7, 11) is 0. The molecule has 0 bridgehead atoms. The highest BCUT2D eigenvalue weighted by Crippen LogP contribution is 2.20. The van der Waals surface area contributed by atoms with Gasteiger partial charge in [-0.15, -0.1) is 0 Å². The zero-order chi connectivity index (χ0) is 15.1. The first-order valence-electron chi connectivity index (χ1n) is 8.00. The SMILES string of the molecule is CCN(CC1CCCCN1Cc1ccccc1)C(=O)CN. The maximum atomic E-state index is 11.9. The van der Waals surface area contributed by atoms with Crippen molar-refractivity contribution in [3.05, 3.63) is 35.9 Å². The summed E-state index contributed by atoms with van der Waals surface area (Å²) in [6.45, 7) is 5.77. The second kappa shape index (κ2) is 8.15. The second-order valence-corrected chi connectivity index (χ2v) is 5.74. The quantitative estimate of drug-likeness (QED) is 0.869. The minimum atomic E-state index is 0.0581. The van der Waals surface area contributed by atoms with Crippen LogP contribution in [0, 0.1) is 0 Å². The van der Waals surface area contributed by atoms with Gasteiger partial charge in [-0.05, 0) is 31.9 Å². The highest BCUT2D eigenvalue weighted by molar-refractivity contribution is 5.78. The Morgan fingerprint density at radius 3 is 2.76 bits per heavy atom. The number of rotatable bonds is 6. The van der Waals surface area contributed by atoms with Crippen LogP contribution in [0.4, 0.5) is 0 Å². The number of benzene rings is 1. The predicted molar refractivity (Wildman–Crippen MR) is 85.8 cm³/mol. The van der Waals surface area contributed by atoms with Gasteiger partial charge in [0.2, 0.25) is 5.91 Å². The first-order valence-corrected chi connectivity index (χ1v) is 8.00. The molecule has 1 aromatic carbocycles. The number of carbonyl (C=O) groups is 1. The maximum absolute atomic E-state index is 11.9. The summed E-state index contributed by atoms with van der Waals surface area (Å²) in [5, 5.41) is 0. The van der Waals surface area contributed by atoms with Crippen molar-refractivity contribution in [3.8, 4) is 0 Å². The number of hydrogen-bond acceptors (Lipinski definition) is 3. The average Bonchev–Trinajstić information content (AvgIpc) is 2.54. The van der Waals surface area contributed by atoms with E-state index >= 15 is 0 Å². The van der Waals surface area contributed by atoms with Crippen LogP contribution in [0.5, 0.6) is 0 Å². The van der Waals surface area contributed by atoms with Gasteiger partial charge < -0.3 is 10.6 Å². The van der Waals surface area contributed by atoms with E-state index in [1.54, 1.807) is 0 Å². The number of likely N-dealkylation sites (tertiary alicyclic amines) is 1. The Labute approximate surface area is 127 Å². The fourth-order valence-electron chi connectivity index (χ4n) is 3.08. The monoisotopic (exact) mass is 289 g/mol. The summed E-state index contributed by atoms with van der Waals surface area (Å²) in [6.07, 6.45) is 3.67. The molecule has 4 heteroatoms. The highest BCUT2D eigenvalue weighted by Gasteiger charge is 2.25. The summed E-state index contributed by atoms with van der Waals surface area (Å²) in [6, 6.07) is 11.0. The molecule has 2 rings (SSSR count). The van der Waals surface area contributed by atoms with Crippen LogP contribution in [-0.2, 0) is 11.3 Å². The molecular formula is C17H27N3O. The number of amides is 1. The third kappa shape index (κ3) is 4.55. The molecule has 1 aromatic rings. The summed E-state index contributed by atoms with van der Waals surface area (Å²) in [5.41, 5.74) is 6.85. The third-order valence-electron chi connectivity index (χ3n) is 4.32. The first kappa shape index (κ1) is 16.0. The number of nitrogens with zero attached hydrogens (tertiary/aromatic N) is 2. The molecule has 4 nitrogen and oxygen atoms in total. The lowest BCUT2D eigenvalue weighted by Crippen LogP contribution is -2.49. The minimum Gasteiger partial charge on any atom is -0.340 e. The molecular weight excluding hydrogens is 262 g/mol. The molecule has 1 fully saturated rings. The molecule has 0 spiro atoms. The molecule has 1 heterocycles. The van der Waals surface area contributed by atoms with E-state index in [4.69, 9.17) is 5.73 Å². The largest absolute Gasteiger partial charge is 0.340 e. The van der Waals surface area contributed by atoms with Crippen molar-refractivity contribution in [2.24, 2.45) is 5.73 Å². The van der Waals surface area contributed by atoms with Crippen LogP contribution in [0.15, 0.2) is 30.3 Å². The number of hydrogen-bond donors (Lipinski definition) is 1. The second-order valence-electron chi connectivity index (χ2n) is 5.74. The van der Waals surface area contributed by atoms with Gasteiger partial charge in [0, 0.05) is 25.7 Å². The Morgan fingerprint density at radius 2 is 2.10 bits per heavy atom. The average molecular weight is 289 g/mol. The van der Waals surface area contributed by atoms with Crippen molar-refractivity contribution in [1.29, 1.82) is 0 Å². The number of carbonyl (C=O) groups excluding carboxylic acids is 1. The van der Waals surface area contributed by atoms with Crippen LogP contribution in [0.25, 0.3) is 0 Å². The van der Waals surface area contributed by atoms with Gasteiger partial charge in [-0.2, -0.15) is 0 Å². The first-order chi connectivity index (χ1) is 10.2. The van der Waals surface area contributed by atoms with Crippen molar-refractivity contribution in [2.45, 2.75) is 38.8 Å². The van der Waals surface area contributed by atoms with Crippen LogP contribution in [0.1, 0.15) is 31.7 Å². The molecule has 0 radical (unpaired) electrons. The van der Waals surface area contributed by atoms with Crippen molar-refractivity contribution in [2.75, 3.05) is 26.2 Å². The molecule has 1 amide bonds. The lowest BCUT2D eigenvalue weighted by molar-refractivity contribution is -0.130. The summed E-state index contributed by atoms with van der Waals surface area (Å²) >= 11 is 0. The zero-order valence-corrected chi connectivity index (χ0v) is 13.0. The van der Waals surface area contributed by atoms with E-state index < -0.39 is 0 Å². The van der Waals surface area contributed by atoms with E-state index in [2.05, 4.69) is 35.2 Å². The molecule has 21 heavy (non-hydrogen) atoms. The van der Waals surface area contributed by atoms with E-state index in [9.17, 15) is 4.79 Å². The zero-order valence-electron chi connectivity index (χ0n) is 13.0. The minimum absolute atomic E-state index is 0.0581. The Balaban J connectivity index is 1.99. The molecule has 1 aliphatic heterocycles. The number of piperidine rings is 1. The molecule has 1 unspecified atom stereocenters. The normalized spacial score (nSPS) is 19.4. The van der Waals surface area contributed by atoms with Crippen LogP contribution in [0.2, 0.25) is 0 Å². The van der Waals surface area contributed by atoms with Crippen LogP contribution < -0.4 is 5.73 Å². The standard InChI is InChI=1S/C17H27N3O/c1-2-19(17(21)12-18)14-16-10-6-7-11-20(16)13-15-8-4-3-5-9-15/h3-5,8-9,16H,2,6-7,10-14,18H2,1H3. The predicted octanol–water partition coefficient (Wildman–Crippen LogP) is 1.85. The van der Waals surface area contributed by atoms with Crippen LogP contribution in [-0.4, -0.2) is 47.9 Å². The number of nitrogens with two attached hydrogens (primary N) is 1. The van der Waals surface area contributed by atoms with Gasteiger partial charge in [-0.25, -0.2) is 0 Å². The molecule has 0 aromatic heterocycles. The molecule has 1 aliphatic rings. The van der Waals surface area contributed by atoms with E-state index in [1.807, 2.05) is 11.8 Å². The summed E-state index contributed by atoms with van der Waals surface area (Å²) in [5.74, 6) is 0.0581. The van der Waals surface area contributed by atoms with E-state index in [1.165, 1.54) is 24.8 Å². The Morgan fingerprint density at radius 1 is 1.33 bits per heavy atom. The van der Waals surface area contributed by atoms with E-state index in [0.717, 1.165) is 26.2 Å². The van der Waals surface area contributed by atoms with Gasteiger partial charge in [0.1, 0.15) is 0 Å². The van der Waals surface area contributed by atoms with Crippen LogP contribution in [0.3, 0.4) is 0 Å². The fraction of sp³-hybridized carbons (Fsp3) is 0.588. The van der Waals surface area contributed by atoms with Gasteiger partial charge >= 0.3 is 0 Å². The molecule has 116 valence electrons. The smallest absolute Gasteiger partial charge is 0.236 e. The van der Waals surface area contributed by atoms with Gasteiger partial charge in [0.15, 0.2) is 0 Å². The van der Waals surface area contributed by atoms with Crippen molar-refractivity contribution < 1.29 is 4.79 Å². The van der Waals surface area contributed by atoms with Crippen molar-refractivity contribution >= 4 is 5.91 Å². The molecule has 2 N–H and O–H groups in total. The van der Waals surface area contributed by atoms with E-state index in [-0.39, 0.29) is 12.5 Å². The third-order valence-corrected chi connectivity index (χ3v) is 4.32. The summed E-state index contributed by atoms with van der Waals surface area (Å²) < 4.78 is 0. The Hall–Kier alpha value is -1.39. The van der Waals surface area contributed by atoms with Gasteiger partial charge in [0.05, 0.1) is 6.54 Å². The van der Waals surface area contributed by atoms with E-state index in [0.29, 0.717) is 6.04 Å². The van der Waals surface area contributed by atoms with Gasteiger partial charge in [0.25, 0.3) is 0 Å². The van der Waals surface area contributed by atoms with Crippen molar-refractivity contribution in [3.63, 3.8) is 0 Å². The lowest BCUT2D eigenvalue weighted by Gasteiger charge is -2.38. The fourth-order valence-corrected chi connectivity index (χ4v) is 3.08. The lowest BCUT2D eigenvalue weighted by atomic mass is 10.0. The summed E-state index contributed by atoms with van der Waals surface area (Å²) in [4.78, 5) is 16.3. The molecule has 0 aliphatic carbocycles. The molecule has 1 atom stereocenters. The Kier molecular flexibility index (Phi) is 6.21.